The number of nitrogens with zero attached hydrogens (tertiary/aromatic N) is 1. The lowest BCUT2D eigenvalue weighted by Gasteiger charge is -2.23. The summed E-state index contributed by atoms with van der Waals surface area (Å²) < 4.78 is 0. The molecule has 0 aromatic heterocycles. The van der Waals surface area contributed by atoms with Crippen LogP contribution in [0.2, 0.25) is 0 Å². The van der Waals surface area contributed by atoms with E-state index in [1.165, 1.54) is 0 Å². The number of carbonyl (C=O) groups excluding carboxylic acids is 3. The highest BCUT2D eigenvalue weighted by atomic mass is 16.2. The Hall–Kier alpha value is -2.37. The molecule has 6 heteroatoms. The summed E-state index contributed by atoms with van der Waals surface area (Å²) in [5, 5.41) is 5.81. The van der Waals surface area contributed by atoms with Gasteiger partial charge in [-0.15, -0.1) is 0 Å². The molecule has 4 amide bonds. The molecule has 6 nitrogen and oxygen atoms in total. The Morgan fingerprint density at radius 2 is 1.85 bits per heavy atom. The Labute approximate surface area is 154 Å². The van der Waals surface area contributed by atoms with E-state index in [4.69, 9.17) is 0 Å². The first-order chi connectivity index (χ1) is 12.4. The lowest BCUT2D eigenvalue weighted by atomic mass is 9.97. The van der Waals surface area contributed by atoms with Crippen molar-refractivity contribution in [2.24, 2.45) is 5.92 Å². The molecule has 0 bridgehead atoms. The fourth-order valence-electron chi connectivity index (χ4n) is 3.96. The van der Waals surface area contributed by atoms with Crippen LogP contribution in [0, 0.1) is 5.92 Å². The monoisotopic (exact) mass is 357 g/mol. The maximum absolute atomic E-state index is 12.7. The number of benzene rings is 1. The van der Waals surface area contributed by atoms with E-state index in [1.807, 2.05) is 30.3 Å². The molecule has 1 spiro atoms. The molecule has 1 heterocycles. The summed E-state index contributed by atoms with van der Waals surface area (Å²) in [5.74, 6) is -0.160. The summed E-state index contributed by atoms with van der Waals surface area (Å²) in [5.41, 5.74) is 0.257. The predicted molar refractivity (Wildman–Crippen MR) is 98.2 cm³/mol. The first-order valence-electron chi connectivity index (χ1n) is 9.40. The smallest absolute Gasteiger partial charge is 0.325 e. The number of imide groups is 1. The predicted octanol–water partition coefficient (Wildman–Crippen LogP) is 2.75. The molecule has 1 saturated heterocycles. The number of urea groups is 1. The summed E-state index contributed by atoms with van der Waals surface area (Å²) in [6.07, 6.45) is 3.97. The van der Waals surface area contributed by atoms with E-state index in [0.717, 1.165) is 29.7 Å². The number of nitrogens with one attached hydrogen (secondary N) is 2. The first kappa shape index (κ1) is 18.4. The molecule has 1 saturated carbocycles. The zero-order chi connectivity index (χ0) is 18.7. The number of carbonyl (C=O) groups is 3. The minimum Gasteiger partial charge on any atom is -0.348 e. The van der Waals surface area contributed by atoms with E-state index in [-0.39, 0.29) is 24.4 Å². The van der Waals surface area contributed by atoms with Crippen molar-refractivity contribution in [3.63, 3.8) is 0 Å². The van der Waals surface area contributed by atoms with Crippen LogP contribution in [0.3, 0.4) is 0 Å². The van der Waals surface area contributed by atoms with Gasteiger partial charge in [0.15, 0.2) is 0 Å². The second-order valence-corrected chi connectivity index (χ2v) is 7.77. The Bertz CT molecular complexity index is 681. The van der Waals surface area contributed by atoms with Crippen LogP contribution in [-0.2, 0) is 9.59 Å². The molecule has 2 aliphatic rings. The second kappa shape index (κ2) is 7.48. The Morgan fingerprint density at radius 3 is 2.46 bits per heavy atom. The molecule has 3 rings (SSSR count). The fraction of sp³-hybridized carbons (Fsp3) is 0.550. The maximum Gasteiger partial charge on any atom is 0.325 e. The standard InChI is InChI=1S/C20H27N3O3/c1-14(2)12-16(15-8-4-3-5-9-15)21-17(24)13-23-18(25)20(22-19(23)26)10-6-7-11-20/h3-5,8-9,14,16H,6-7,10-13H2,1-2H3,(H,21,24)(H,22,26). The Balaban J connectivity index is 1.67. The van der Waals surface area contributed by atoms with Crippen molar-refractivity contribution in [1.29, 1.82) is 0 Å². The van der Waals surface area contributed by atoms with Gasteiger partial charge in [-0.1, -0.05) is 57.0 Å². The molecule has 1 atom stereocenters. The number of hydrogen-bond donors (Lipinski definition) is 2. The normalized spacial score (nSPS) is 19.9. The van der Waals surface area contributed by atoms with Crippen molar-refractivity contribution in [3.8, 4) is 0 Å². The average molecular weight is 357 g/mol. The number of amides is 4. The van der Waals surface area contributed by atoms with Gasteiger partial charge in [-0.25, -0.2) is 4.79 Å². The molecular formula is C20H27N3O3. The van der Waals surface area contributed by atoms with Crippen LogP contribution in [0.1, 0.15) is 57.6 Å². The highest BCUT2D eigenvalue weighted by Crippen LogP contribution is 2.35. The molecule has 26 heavy (non-hydrogen) atoms. The number of hydrogen-bond acceptors (Lipinski definition) is 3. The van der Waals surface area contributed by atoms with Crippen molar-refractivity contribution in [2.45, 2.75) is 57.5 Å². The summed E-state index contributed by atoms with van der Waals surface area (Å²) in [4.78, 5) is 38.5. The topological polar surface area (TPSA) is 78.5 Å². The molecule has 1 aliphatic heterocycles. The van der Waals surface area contributed by atoms with E-state index in [9.17, 15) is 14.4 Å². The van der Waals surface area contributed by atoms with Crippen LogP contribution >= 0.6 is 0 Å². The van der Waals surface area contributed by atoms with Gasteiger partial charge in [-0.2, -0.15) is 0 Å². The largest absolute Gasteiger partial charge is 0.348 e. The first-order valence-corrected chi connectivity index (χ1v) is 9.40. The van der Waals surface area contributed by atoms with Gasteiger partial charge in [0.1, 0.15) is 12.1 Å². The summed E-state index contributed by atoms with van der Waals surface area (Å²) >= 11 is 0. The Morgan fingerprint density at radius 1 is 1.19 bits per heavy atom. The molecular weight excluding hydrogens is 330 g/mol. The van der Waals surface area contributed by atoms with Crippen LogP contribution in [0.5, 0.6) is 0 Å². The van der Waals surface area contributed by atoms with E-state index in [1.54, 1.807) is 0 Å². The molecule has 1 unspecified atom stereocenters. The lowest BCUT2D eigenvalue weighted by Crippen LogP contribution is -2.45. The van der Waals surface area contributed by atoms with Gasteiger partial charge in [0, 0.05) is 0 Å². The molecule has 140 valence electrons. The zero-order valence-electron chi connectivity index (χ0n) is 15.5. The van der Waals surface area contributed by atoms with Gasteiger partial charge in [-0.05, 0) is 30.7 Å². The van der Waals surface area contributed by atoms with Gasteiger partial charge in [0.05, 0.1) is 6.04 Å². The lowest BCUT2D eigenvalue weighted by molar-refractivity contribution is -0.135. The average Bonchev–Trinajstić information content (AvgIpc) is 3.16. The Kier molecular flexibility index (Phi) is 5.30. The van der Waals surface area contributed by atoms with Crippen LogP contribution < -0.4 is 10.6 Å². The van der Waals surface area contributed by atoms with Crippen LogP contribution in [0.4, 0.5) is 4.79 Å². The van der Waals surface area contributed by atoms with Crippen molar-refractivity contribution >= 4 is 17.8 Å². The molecule has 2 N–H and O–H groups in total. The zero-order valence-corrected chi connectivity index (χ0v) is 15.5. The third kappa shape index (κ3) is 3.74. The maximum atomic E-state index is 12.7. The van der Waals surface area contributed by atoms with Gasteiger partial charge in [0.25, 0.3) is 5.91 Å². The van der Waals surface area contributed by atoms with Crippen molar-refractivity contribution in [3.05, 3.63) is 35.9 Å². The highest BCUT2D eigenvalue weighted by molar-refractivity contribution is 6.09. The minimum atomic E-state index is -0.770. The highest BCUT2D eigenvalue weighted by Gasteiger charge is 2.52. The third-order valence-corrected chi connectivity index (χ3v) is 5.25. The van der Waals surface area contributed by atoms with Crippen LogP contribution in [-0.4, -0.2) is 34.8 Å². The SMILES string of the molecule is CC(C)CC(NC(=O)CN1C(=O)NC2(CCCC2)C1=O)c1ccccc1. The summed E-state index contributed by atoms with van der Waals surface area (Å²) in [7, 11) is 0. The minimum absolute atomic E-state index is 0.134. The van der Waals surface area contributed by atoms with E-state index >= 15 is 0 Å². The summed E-state index contributed by atoms with van der Waals surface area (Å²) in [6.45, 7) is 3.97. The second-order valence-electron chi connectivity index (χ2n) is 7.77. The molecule has 1 aromatic carbocycles. The molecule has 2 fully saturated rings. The van der Waals surface area contributed by atoms with Gasteiger partial charge < -0.3 is 10.6 Å². The van der Waals surface area contributed by atoms with Crippen LogP contribution in [0.15, 0.2) is 30.3 Å². The quantitative estimate of drug-likeness (QED) is 0.769. The fourth-order valence-corrected chi connectivity index (χ4v) is 3.96. The van der Waals surface area contributed by atoms with E-state index in [0.29, 0.717) is 18.8 Å². The van der Waals surface area contributed by atoms with Crippen LogP contribution in [0.25, 0.3) is 0 Å². The molecule has 1 aromatic rings. The number of rotatable bonds is 6. The van der Waals surface area contributed by atoms with E-state index < -0.39 is 11.6 Å². The van der Waals surface area contributed by atoms with E-state index in [2.05, 4.69) is 24.5 Å². The van der Waals surface area contributed by atoms with Gasteiger partial charge >= 0.3 is 6.03 Å². The van der Waals surface area contributed by atoms with Crippen molar-refractivity contribution in [1.82, 2.24) is 15.5 Å². The summed E-state index contributed by atoms with van der Waals surface area (Å²) in [6, 6.07) is 9.19. The van der Waals surface area contributed by atoms with Gasteiger partial charge in [0.2, 0.25) is 5.91 Å². The third-order valence-electron chi connectivity index (χ3n) is 5.25. The van der Waals surface area contributed by atoms with Gasteiger partial charge in [-0.3, -0.25) is 14.5 Å². The van der Waals surface area contributed by atoms with Crippen molar-refractivity contribution < 1.29 is 14.4 Å². The molecule has 0 radical (unpaired) electrons. The molecule has 1 aliphatic carbocycles. The van der Waals surface area contributed by atoms with Crippen molar-refractivity contribution in [2.75, 3.05) is 6.54 Å².